The Morgan fingerprint density at radius 1 is 1.00 bits per heavy atom. The number of rotatable bonds is 7. The lowest BCUT2D eigenvalue weighted by molar-refractivity contribution is 0.0982. The predicted molar refractivity (Wildman–Crippen MR) is 118 cm³/mol. The molecule has 2 aromatic heterocycles. The minimum Gasteiger partial charge on any atom is -0.321 e. The fourth-order valence-electron chi connectivity index (χ4n) is 2.65. The lowest BCUT2D eigenvalue weighted by atomic mass is 10.2. The minimum absolute atomic E-state index is 0.133. The van der Waals surface area contributed by atoms with Crippen LogP contribution in [0.25, 0.3) is 4.95 Å². The molecule has 156 valence electrons. The van der Waals surface area contributed by atoms with E-state index in [1.807, 2.05) is 6.92 Å². The molecular weight excluding hydrogens is 418 g/mol. The van der Waals surface area contributed by atoms with Gasteiger partial charge in [-0.05, 0) is 42.8 Å². The largest absolute Gasteiger partial charge is 0.321 e. The summed E-state index contributed by atoms with van der Waals surface area (Å²) in [6.07, 6.45) is 4.88. The maximum Gasteiger partial charge on any atom is 0.277 e. The molecule has 0 aliphatic rings. The van der Waals surface area contributed by atoms with Crippen molar-refractivity contribution in [3.63, 3.8) is 0 Å². The molecule has 3 aromatic rings. The van der Waals surface area contributed by atoms with Crippen molar-refractivity contribution in [2.75, 3.05) is 22.2 Å². The van der Waals surface area contributed by atoms with Crippen LogP contribution in [0.2, 0.25) is 5.02 Å². The van der Waals surface area contributed by atoms with Crippen LogP contribution in [0.3, 0.4) is 0 Å². The first-order valence-electron chi connectivity index (χ1n) is 9.32. The van der Waals surface area contributed by atoms with Crippen molar-refractivity contribution in [1.82, 2.24) is 15.0 Å². The number of benzene rings is 1. The highest BCUT2D eigenvalue weighted by Crippen LogP contribution is 2.19. The molecule has 2 amide bonds. The SMILES string of the molecule is [C-]#[N+]N(CCC)c1ccc(NC(=O)c2nccnc2C(=O)Nc2ccc(Cl)cn2)cc1. The van der Waals surface area contributed by atoms with Gasteiger partial charge in [-0.2, -0.15) is 11.5 Å². The number of pyridine rings is 1. The van der Waals surface area contributed by atoms with Gasteiger partial charge in [-0.15, -0.1) is 0 Å². The van der Waals surface area contributed by atoms with Crippen molar-refractivity contribution in [1.29, 1.82) is 0 Å². The van der Waals surface area contributed by atoms with E-state index in [1.54, 1.807) is 35.3 Å². The average Bonchev–Trinajstić information content (AvgIpc) is 2.79. The fraction of sp³-hybridized carbons (Fsp3) is 0.143. The van der Waals surface area contributed by atoms with Crippen LogP contribution in [0.1, 0.15) is 34.3 Å². The molecule has 3 rings (SSSR count). The Labute approximate surface area is 183 Å². The predicted octanol–water partition coefficient (Wildman–Crippen LogP) is 4.08. The molecule has 0 unspecified atom stereocenters. The van der Waals surface area contributed by atoms with Gasteiger partial charge in [0.25, 0.3) is 11.8 Å². The minimum atomic E-state index is -0.629. The topological polar surface area (TPSA) is 104 Å². The zero-order chi connectivity index (χ0) is 22.2. The summed E-state index contributed by atoms with van der Waals surface area (Å²) in [5.74, 6) is -0.959. The molecule has 0 saturated heterocycles. The van der Waals surface area contributed by atoms with Gasteiger partial charge in [0.1, 0.15) is 11.5 Å². The highest BCUT2D eigenvalue weighted by atomic mass is 35.5. The van der Waals surface area contributed by atoms with E-state index in [4.69, 9.17) is 18.2 Å². The van der Waals surface area contributed by atoms with E-state index in [-0.39, 0.29) is 17.2 Å². The van der Waals surface area contributed by atoms with Gasteiger partial charge in [0.05, 0.1) is 11.6 Å². The monoisotopic (exact) mass is 435 g/mol. The molecule has 2 heterocycles. The van der Waals surface area contributed by atoms with Crippen molar-refractivity contribution in [3.05, 3.63) is 82.9 Å². The Balaban J connectivity index is 1.74. The normalized spacial score (nSPS) is 10.1. The van der Waals surface area contributed by atoms with E-state index < -0.39 is 11.8 Å². The number of amides is 2. The Morgan fingerprint density at radius 3 is 2.19 bits per heavy atom. The van der Waals surface area contributed by atoms with Gasteiger partial charge < -0.3 is 10.6 Å². The van der Waals surface area contributed by atoms with Crippen LogP contribution in [0.5, 0.6) is 0 Å². The van der Waals surface area contributed by atoms with E-state index in [0.29, 0.717) is 17.3 Å². The van der Waals surface area contributed by atoms with Crippen LogP contribution in [0.4, 0.5) is 17.2 Å². The second kappa shape index (κ2) is 10.1. The fourth-order valence-corrected chi connectivity index (χ4v) is 2.76. The Kier molecular flexibility index (Phi) is 7.09. The number of carbonyl (C=O) groups is 2. The first-order valence-corrected chi connectivity index (χ1v) is 9.70. The summed E-state index contributed by atoms with van der Waals surface area (Å²) in [5, 5.41) is 7.22. The number of aromatic nitrogens is 3. The summed E-state index contributed by atoms with van der Waals surface area (Å²) in [6, 6.07) is 9.93. The Bertz CT molecular complexity index is 1110. The van der Waals surface area contributed by atoms with Crippen LogP contribution in [0, 0.1) is 6.57 Å². The first kappa shape index (κ1) is 21.7. The molecule has 10 heteroatoms. The van der Waals surface area contributed by atoms with Gasteiger partial charge in [-0.25, -0.2) is 15.0 Å². The van der Waals surface area contributed by atoms with Crippen molar-refractivity contribution >= 4 is 40.6 Å². The van der Waals surface area contributed by atoms with E-state index in [9.17, 15) is 9.59 Å². The van der Waals surface area contributed by atoms with Crippen LogP contribution < -0.4 is 15.6 Å². The van der Waals surface area contributed by atoms with Crippen molar-refractivity contribution in [3.8, 4) is 0 Å². The van der Waals surface area contributed by atoms with Gasteiger partial charge >= 0.3 is 0 Å². The third-order valence-electron chi connectivity index (χ3n) is 4.08. The molecule has 0 saturated carbocycles. The van der Waals surface area contributed by atoms with Gasteiger partial charge in [-0.3, -0.25) is 9.59 Å². The van der Waals surface area contributed by atoms with E-state index in [1.165, 1.54) is 24.7 Å². The molecule has 0 radical (unpaired) electrons. The molecule has 0 bridgehead atoms. The van der Waals surface area contributed by atoms with E-state index >= 15 is 0 Å². The van der Waals surface area contributed by atoms with Crippen molar-refractivity contribution in [2.24, 2.45) is 0 Å². The van der Waals surface area contributed by atoms with Crippen LogP contribution in [-0.2, 0) is 0 Å². The molecule has 9 nitrogen and oxygen atoms in total. The third kappa shape index (κ3) is 5.52. The Hall–Kier alpha value is -4.03. The van der Waals surface area contributed by atoms with Crippen molar-refractivity contribution in [2.45, 2.75) is 13.3 Å². The molecule has 0 atom stereocenters. The molecule has 2 N–H and O–H groups in total. The van der Waals surface area contributed by atoms with Gasteiger partial charge in [0, 0.05) is 24.3 Å². The summed E-state index contributed by atoms with van der Waals surface area (Å²) < 4.78 is 0. The molecule has 0 aliphatic heterocycles. The number of nitrogens with one attached hydrogen (secondary N) is 2. The molecule has 0 aliphatic carbocycles. The number of carbonyl (C=O) groups excluding carboxylic acids is 2. The summed E-state index contributed by atoms with van der Waals surface area (Å²) in [6.45, 7) is 9.85. The lowest BCUT2D eigenvalue weighted by Crippen LogP contribution is -2.23. The molecule has 31 heavy (non-hydrogen) atoms. The quantitative estimate of drug-likeness (QED) is 0.428. The van der Waals surface area contributed by atoms with Crippen LogP contribution in [0.15, 0.2) is 55.0 Å². The van der Waals surface area contributed by atoms with Crippen LogP contribution in [-0.4, -0.2) is 33.3 Å². The number of anilines is 3. The van der Waals surface area contributed by atoms with Crippen molar-refractivity contribution < 1.29 is 9.59 Å². The standard InChI is InChI=1S/C21H18ClN7O2/c1-3-12-29(23-2)16-7-5-15(6-8-16)27-20(30)18-19(25-11-10-24-18)21(31)28-17-9-4-14(22)13-26-17/h4-11,13H,3,12H2,1H3,(H,27,30)(H,26,28,31). The number of hydrogen-bond donors (Lipinski definition) is 2. The second-order valence-corrected chi connectivity index (χ2v) is 6.73. The summed E-state index contributed by atoms with van der Waals surface area (Å²) in [4.78, 5) is 40.8. The average molecular weight is 436 g/mol. The Morgan fingerprint density at radius 2 is 1.65 bits per heavy atom. The summed E-state index contributed by atoms with van der Waals surface area (Å²) in [5.41, 5.74) is 0.943. The number of halogens is 1. The van der Waals surface area contributed by atoms with Crippen LogP contribution >= 0.6 is 11.6 Å². The smallest absolute Gasteiger partial charge is 0.277 e. The molecule has 0 spiro atoms. The second-order valence-electron chi connectivity index (χ2n) is 6.29. The number of nitrogens with zero attached hydrogens (tertiary/aromatic N) is 5. The number of hydrogen-bond acceptors (Lipinski definition) is 6. The zero-order valence-electron chi connectivity index (χ0n) is 16.5. The van der Waals surface area contributed by atoms with Gasteiger partial charge in [0.2, 0.25) is 0 Å². The molecule has 1 aromatic carbocycles. The summed E-state index contributed by atoms with van der Waals surface area (Å²) in [7, 11) is 0. The molecular formula is C21H18ClN7O2. The lowest BCUT2D eigenvalue weighted by Gasteiger charge is -2.11. The first-order chi connectivity index (χ1) is 15.0. The summed E-state index contributed by atoms with van der Waals surface area (Å²) >= 11 is 5.79. The molecule has 0 fully saturated rings. The zero-order valence-corrected chi connectivity index (χ0v) is 17.3. The highest BCUT2D eigenvalue weighted by molar-refractivity contribution is 6.30. The highest BCUT2D eigenvalue weighted by Gasteiger charge is 2.21. The maximum absolute atomic E-state index is 12.7. The third-order valence-corrected chi connectivity index (χ3v) is 4.30. The van der Waals surface area contributed by atoms with Gasteiger partial charge in [-0.1, -0.05) is 23.5 Å². The van der Waals surface area contributed by atoms with Gasteiger partial charge in [0.15, 0.2) is 11.4 Å². The van der Waals surface area contributed by atoms with E-state index in [0.717, 1.165) is 12.1 Å². The maximum atomic E-state index is 12.7. The van der Waals surface area contributed by atoms with E-state index in [2.05, 4.69) is 30.5 Å².